The summed E-state index contributed by atoms with van der Waals surface area (Å²) in [4.78, 5) is 21.6. The summed E-state index contributed by atoms with van der Waals surface area (Å²) in [5.41, 5.74) is 2.56. The zero-order valence-electron chi connectivity index (χ0n) is 12.1. The van der Waals surface area contributed by atoms with Gasteiger partial charge in [0.1, 0.15) is 5.82 Å². The lowest BCUT2D eigenvalue weighted by molar-refractivity contribution is 0.166. The lowest BCUT2D eigenvalue weighted by atomic mass is 10.2. The molecule has 2 aromatic rings. The largest absolute Gasteiger partial charge is 0.394 e. The molecule has 0 saturated carbocycles. The van der Waals surface area contributed by atoms with E-state index in [-0.39, 0.29) is 18.7 Å². The number of amides is 2. The monoisotopic (exact) mass is 288 g/mol. The van der Waals surface area contributed by atoms with Gasteiger partial charge in [0.05, 0.1) is 23.7 Å². The maximum Gasteiger partial charge on any atom is 0.322 e. The lowest BCUT2D eigenvalue weighted by Crippen LogP contribution is -2.40. The van der Waals surface area contributed by atoms with Crippen LogP contribution in [-0.4, -0.2) is 45.2 Å². The van der Waals surface area contributed by atoms with Crippen LogP contribution in [0.15, 0.2) is 18.2 Å². The van der Waals surface area contributed by atoms with E-state index in [1.807, 2.05) is 25.1 Å². The smallest absolute Gasteiger partial charge is 0.322 e. The van der Waals surface area contributed by atoms with Crippen molar-refractivity contribution < 1.29 is 9.90 Å². The van der Waals surface area contributed by atoms with Crippen LogP contribution in [0.25, 0.3) is 11.0 Å². The highest BCUT2D eigenvalue weighted by atomic mass is 16.3. The molecule has 2 heterocycles. The molecular formula is C15H20N4O2. The number of hydrogen-bond acceptors (Lipinski definition) is 3. The summed E-state index contributed by atoms with van der Waals surface area (Å²) in [7, 11) is 0. The quantitative estimate of drug-likeness (QED) is 0.809. The first-order valence-electron chi connectivity index (χ1n) is 7.38. The number of likely N-dealkylation sites (tertiary alicyclic amines) is 1. The van der Waals surface area contributed by atoms with E-state index in [4.69, 9.17) is 0 Å². The summed E-state index contributed by atoms with van der Waals surface area (Å²) in [6.45, 7) is 2.76. The Kier molecular flexibility index (Phi) is 3.79. The Morgan fingerprint density at radius 1 is 1.57 bits per heavy atom. The molecule has 112 valence electrons. The Morgan fingerprint density at radius 2 is 2.43 bits per heavy atom. The molecular weight excluding hydrogens is 268 g/mol. The zero-order valence-corrected chi connectivity index (χ0v) is 12.1. The second-order valence-electron chi connectivity index (χ2n) is 5.37. The highest BCUT2D eigenvalue weighted by Gasteiger charge is 2.28. The number of anilines is 1. The number of benzene rings is 1. The zero-order chi connectivity index (χ0) is 14.8. The number of fused-ring (bicyclic) bond motifs is 1. The number of aromatic amines is 1. The summed E-state index contributed by atoms with van der Waals surface area (Å²) >= 11 is 0. The van der Waals surface area contributed by atoms with E-state index in [2.05, 4.69) is 15.3 Å². The number of aryl methyl sites for hydroxylation is 1. The van der Waals surface area contributed by atoms with Crippen molar-refractivity contribution in [1.82, 2.24) is 14.9 Å². The van der Waals surface area contributed by atoms with Crippen LogP contribution in [0.4, 0.5) is 10.5 Å². The van der Waals surface area contributed by atoms with Gasteiger partial charge in [-0.05, 0) is 31.0 Å². The highest BCUT2D eigenvalue weighted by Crippen LogP contribution is 2.21. The van der Waals surface area contributed by atoms with Gasteiger partial charge in [-0.2, -0.15) is 0 Å². The van der Waals surface area contributed by atoms with Crippen molar-refractivity contribution in [3.8, 4) is 0 Å². The third kappa shape index (κ3) is 2.71. The number of urea groups is 1. The van der Waals surface area contributed by atoms with E-state index in [1.165, 1.54) is 0 Å². The number of aliphatic hydroxyl groups is 1. The van der Waals surface area contributed by atoms with Gasteiger partial charge in [-0.15, -0.1) is 0 Å². The number of nitrogens with zero attached hydrogens (tertiary/aromatic N) is 2. The Labute approximate surface area is 123 Å². The third-order valence-corrected chi connectivity index (χ3v) is 3.97. The number of H-pyrrole nitrogens is 1. The van der Waals surface area contributed by atoms with Gasteiger partial charge in [0.15, 0.2) is 0 Å². The maximum atomic E-state index is 12.3. The van der Waals surface area contributed by atoms with E-state index in [0.717, 1.165) is 41.8 Å². The molecule has 1 aliphatic rings. The third-order valence-electron chi connectivity index (χ3n) is 3.97. The summed E-state index contributed by atoms with van der Waals surface area (Å²) in [6, 6.07) is 5.43. The van der Waals surface area contributed by atoms with Crippen LogP contribution in [0.5, 0.6) is 0 Å². The first-order valence-corrected chi connectivity index (χ1v) is 7.38. The van der Waals surface area contributed by atoms with Gasteiger partial charge < -0.3 is 20.3 Å². The van der Waals surface area contributed by atoms with E-state index in [9.17, 15) is 9.90 Å². The Bertz CT molecular complexity index is 652. The molecule has 0 bridgehead atoms. The molecule has 0 spiro atoms. The first kappa shape index (κ1) is 13.9. The summed E-state index contributed by atoms with van der Waals surface area (Å²) in [5, 5.41) is 12.2. The SMILES string of the molecule is CCc1nc2ccc(NC(=O)N3CCC[C@H]3CO)cc2[nH]1. The van der Waals surface area contributed by atoms with Crippen molar-refractivity contribution in [2.75, 3.05) is 18.5 Å². The molecule has 3 N–H and O–H groups in total. The summed E-state index contributed by atoms with van der Waals surface area (Å²) in [6.07, 6.45) is 2.66. The van der Waals surface area contributed by atoms with Crippen LogP contribution >= 0.6 is 0 Å². The standard InChI is InChI=1S/C15H20N4O2/c1-2-14-17-12-6-5-10(8-13(12)18-14)16-15(21)19-7-3-4-11(19)9-20/h5-6,8,11,20H,2-4,7,9H2,1H3,(H,16,21)(H,17,18)/t11-/m0/s1. The predicted octanol–water partition coefficient (Wildman–Crippen LogP) is 2.11. The fourth-order valence-corrected chi connectivity index (χ4v) is 2.80. The van der Waals surface area contributed by atoms with Crippen molar-refractivity contribution >= 4 is 22.8 Å². The molecule has 6 heteroatoms. The maximum absolute atomic E-state index is 12.3. The normalized spacial score (nSPS) is 18.4. The number of hydrogen-bond donors (Lipinski definition) is 3. The van der Waals surface area contributed by atoms with Crippen molar-refractivity contribution in [2.24, 2.45) is 0 Å². The van der Waals surface area contributed by atoms with Gasteiger partial charge in [0, 0.05) is 18.7 Å². The van der Waals surface area contributed by atoms with Gasteiger partial charge >= 0.3 is 6.03 Å². The van der Waals surface area contributed by atoms with Crippen molar-refractivity contribution in [2.45, 2.75) is 32.2 Å². The number of rotatable bonds is 3. The van der Waals surface area contributed by atoms with Gasteiger partial charge in [-0.1, -0.05) is 6.92 Å². The molecule has 0 radical (unpaired) electrons. The molecule has 1 fully saturated rings. The molecule has 0 unspecified atom stereocenters. The van der Waals surface area contributed by atoms with Crippen LogP contribution in [0.1, 0.15) is 25.6 Å². The van der Waals surface area contributed by atoms with Crippen molar-refractivity contribution in [3.63, 3.8) is 0 Å². The molecule has 1 saturated heterocycles. The minimum Gasteiger partial charge on any atom is -0.394 e. The summed E-state index contributed by atoms with van der Waals surface area (Å²) < 4.78 is 0. The number of carbonyl (C=O) groups is 1. The lowest BCUT2D eigenvalue weighted by Gasteiger charge is -2.23. The van der Waals surface area contributed by atoms with Crippen molar-refractivity contribution in [1.29, 1.82) is 0 Å². The highest BCUT2D eigenvalue weighted by molar-refractivity contribution is 5.92. The Hall–Kier alpha value is -2.08. The molecule has 1 aliphatic heterocycles. The van der Waals surface area contributed by atoms with Gasteiger partial charge in [-0.3, -0.25) is 0 Å². The van der Waals surface area contributed by atoms with Crippen LogP contribution in [-0.2, 0) is 6.42 Å². The molecule has 3 rings (SSSR count). The average molecular weight is 288 g/mol. The van der Waals surface area contributed by atoms with Gasteiger partial charge in [-0.25, -0.2) is 9.78 Å². The molecule has 6 nitrogen and oxygen atoms in total. The van der Waals surface area contributed by atoms with Gasteiger partial charge in [0.2, 0.25) is 0 Å². The fourth-order valence-electron chi connectivity index (χ4n) is 2.80. The predicted molar refractivity (Wildman–Crippen MR) is 81.3 cm³/mol. The number of imidazole rings is 1. The first-order chi connectivity index (χ1) is 10.2. The van der Waals surface area contributed by atoms with Crippen LogP contribution < -0.4 is 5.32 Å². The van der Waals surface area contributed by atoms with Crippen molar-refractivity contribution in [3.05, 3.63) is 24.0 Å². The molecule has 1 atom stereocenters. The van der Waals surface area contributed by atoms with Crippen LogP contribution in [0.2, 0.25) is 0 Å². The Morgan fingerprint density at radius 3 is 3.19 bits per heavy atom. The molecule has 1 aromatic carbocycles. The number of aliphatic hydroxyl groups excluding tert-OH is 1. The van der Waals surface area contributed by atoms with Gasteiger partial charge in [0.25, 0.3) is 0 Å². The second kappa shape index (κ2) is 5.73. The minimum atomic E-state index is -0.152. The average Bonchev–Trinajstić information content (AvgIpc) is 3.12. The number of carbonyl (C=O) groups excluding carboxylic acids is 1. The van der Waals surface area contributed by atoms with Crippen LogP contribution in [0, 0.1) is 0 Å². The molecule has 1 aromatic heterocycles. The minimum absolute atomic E-state index is 0.0207. The number of nitrogens with one attached hydrogen (secondary N) is 2. The van der Waals surface area contributed by atoms with E-state index in [0.29, 0.717) is 6.54 Å². The van der Waals surface area contributed by atoms with E-state index in [1.54, 1.807) is 4.90 Å². The second-order valence-corrected chi connectivity index (χ2v) is 5.37. The molecule has 0 aliphatic carbocycles. The summed E-state index contributed by atoms with van der Waals surface area (Å²) in [5.74, 6) is 0.938. The molecule has 2 amide bonds. The van der Waals surface area contributed by atoms with E-state index < -0.39 is 0 Å². The topological polar surface area (TPSA) is 81.2 Å². The van der Waals surface area contributed by atoms with E-state index >= 15 is 0 Å². The number of aromatic nitrogens is 2. The van der Waals surface area contributed by atoms with Crippen LogP contribution in [0.3, 0.4) is 0 Å². The molecule has 21 heavy (non-hydrogen) atoms. The fraction of sp³-hybridized carbons (Fsp3) is 0.467. The Balaban J connectivity index is 1.76.